The number of thiophene rings is 1. The average molecular weight is 407 g/mol. The van der Waals surface area contributed by atoms with Crippen molar-refractivity contribution in [1.29, 1.82) is 0 Å². The van der Waals surface area contributed by atoms with Crippen LogP contribution in [-0.2, 0) is 11.2 Å². The van der Waals surface area contributed by atoms with E-state index in [-0.39, 0.29) is 12.3 Å². The standard InChI is InChI=1S/C22H22N4O2S/c23-22(28)25-17(20-10-5-13-29-20)14-21(27)24-16-7-2-4-9-19(16)26-12-11-15-6-1-3-8-18(15)26/h1-10,13,17H,11-12,14H2,(H,24,27)(H3,23,25,28). The summed E-state index contributed by atoms with van der Waals surface area (Å²) < 4.78 is 0. The van der Waals surface area contributed by atoms with E-state index in [4.69, 9.17) is 5.73 Å². The summed E-state index contributed by atoms with van der Waals surface area (Å²) in [5.41, 5.74) is 9.47. The molecule has 0 bridgehead atoms. The van der Waals surface area contributed by atoms with Gasteiger partial charge in [0.25, 0.3) is 0 Å². The highest BCUT2D eigenvalue weighted by Gasteiger charge is 2.23. The van der Waals surface area contributed by atoms with Gasteiger partial charge in [-0.1, -0.05) is 36.4 Å². The third-order valence-corrected chi connectivity index (χ3v) is 5.93. The van der Waals surface area contributed by atoms with E-state index in [1.807, 2.05) is 53.9 Å². The first-order chi connectivity index (χ1) is 14.1. The maximum absolute atomic E-state index is 12.8. The zero-order chi connectivity index (χ0) is 20.2. The molecule has 4 N–H and O–H groups in total. The first kappa shape index (κ1) is 19.0. The van der Waals surface area contributed by atoms with Gasteiger partial charge in [0.05, 0.1) is 23.8 Å². The molecular weight excluding hydrogens is 384 g/mol. The van der Waals surface area contributed by atoms with E-state index in [9.17, 15) is 9.59 Å². The van der Waals surface area contributed by atoms with Gasteiger partial charge in [-0.25, -0.2) is 4.79 Å². The molecule has 6 nitrogen and oxygen atoms in total. The zero-order valence-electron chi connectivity index (χ0n) is 15.8. The Bertz CT molecular complexity index is 1020. The highest BCUT2D eigenvalue weighted by atomic mass is 32.1. The molecular formula is C22H22N4O2S. The van der Waals surface area contributed by atoms with Gasteiger partial charge in [-0.2, -0.15) is 0 Å². The molecule has 3 aromatic rings. The monoisotopic (exact) mass is 406 g/mol. The minimum atomic E-state index is -0.648. The number of anilines is 3. The number of nitrogens with zero attached hydrogens (tertiary/aromatic N) is 1. The third-order valence-electron chi connectivity index (χ3n) is 4.95. The normalized spacial score (nSPS) is 13.6. The Morgan fingerprint density at radius 2 is 1.79 bits per heavy atom. The predicted octanol–water partition coefficient (Wildman–Crippen LogP) is 4.18. The SMILES string of the molecule is NC(=O)NC(CC(=O)Nc1ccccc1N1CCc2ccccc21)c1cccs1. The van der Waals surface area contributed by atoms with Crippen molar-refractivity contribution in [3.8, 4) is 0 Å². The van der Waals surface area contributed by atoms with Crippen LogP contribution < -0.4 is 21.3 Å². The molecule has 4 rings (SSSR count). The van der Waals surface area contributed by atoms with Gasteiger partial charge in [0, 0.05) is 17.1 Å². The van der Waals surface area contributed by atoms with Gasteiger partial charge < -0.3 is 21.3 Å². The number of para-hydroxylation sites is 3. The number of fused-ring (bicyclic) bond motifs is 1. The molecule has 3 amide bonds. The van der Waals surface area contributed by atoms with Gasteiger partial charge in [-0.3, -0.25) is 4.79 Å². The highest BCUT2D eigenvalue weighted by Crippen LogP contribution is 2.38. The number of nitrogens with two attached hydrogens (primary N) is 1. The van der Waals surface area contributed by atoms with E-state index in [1.165, 1.54) is 22.6 Å². The molecule has 2 aromatic carbocycles. The fourth-order valence-electron chi connectivity index (χ4n) is 3.67. The van der Waals surface area contributed by atoms with Crippen molar-refractivity contribution in [3.05, 3.63) is 76.5 Å². The molecule has 0 fully saturated rings. The Balaban J connectivity index is 1.53. The van der Waals surface area contributed by atoms with Crippen molar-refractivity contribution in [2.75, 3.05) is 16.8 Å². The number of carbonyl (C=O) groups is 2. The van der Waals surface area contributed by atoms with E-state index in [0.29, 0.717) is 0 Å². The summed E-state index contributed by atoms with van der Waals surface area (Å²) >= 11 is 1.48. The molecule has 0 saturated carbocycles. The van der Waals surface area contributed by atoms with Crippen LogP contribution in [-0.4, -0.2) is 18.5 Å². The van der Waals surface area contributed by atoms with Crippen LogP contribution in [0.15, 0.2) is 66.0 Å². The molecule has 1 aromatic heterocycles. The molecule has 0 spiro atoms. The van der Waals surface area contributed by atoms with Crippen molar-refractivity contribution in [1.82, 2.24) is 5.32 Å². The first-order valence-electron chi connectivity index (χ1n) is 9.45. The van der Waals surface area contributed by atoms with Crippen LogP contribution in [0.25, 0.3) is 0 Å². The predicted molar refractivity (Wildman–Crippen MR) is 117 cm³/mol. The lowest BCUT2D eigenvalue weighted by Gasteiger charge is -2.23. The summed E-state index contributed by atoms with van der Waals surface area (Å²) in [5.74, 6) is -0.183. The molecule has 1 atom stereocenters. The second kappa shape index (κ2) is 8.36. The molecule has 0 saturated heterocycles. The number of hydrogen-bond donors (Lipinski definition) is 3. The molecule has 0 radical (unpaired) electrons. The van der Waals surface area contributed by atoms with E-state index in [1.54, 1.807) is 0 Å². The fraction of sp³-hybridized carbons (Fsp3) is 0.182. The molecule has 2 heterocycles. The number of rotatable bonds is 6. The van der Waals surface area contributed by atoms with Gasteiger partial charge in [0.15, 0.2) is 0 Å². The van der Waals surface area contributed by atoms with Crippen LogP contribution in [0.4, 0.5) is 21.9 Å². The van der Waals surface area contributed by atoms with Crippen LogP contribution in [0.5, 0.6) is 0 Å². The molecule has 1 unspecified atom stereocenters. The van der Waals surface area contributed by atoms with E-state index in [2.05, 4.69) is 27.7 Å². The first-order valence-corrected chi connectivity index (χ1v) is 10.3. The number of amides is 3. The number of primary amides is 1. The van der Waals surface area contributed by atoms with Gasteiger partial charge in [-0.05, 0) is 41.6 Å². The summed E-state index contributed by atoms with van der Waals surface area (Å²) in [7, 11) is 0. The topological polar surface area (TPSA) is 87.5 Å². The van der Waals surface area contributed by atoms with Crippen molar-refractivity contribution < 1.29 is 9.59 Å². The number of benzene rings is 2. The largest absolute Gasteiger partial charge is 0.352 e. The summed E-state index contributed by atoms with van der Waals surface area (Å²) in [4.78, 5) is 27.3. The molecule has 1 aliphatic heterocycles. The number of hydrogen-bond acceptors (Lipinski definition) is 4. The third kappa shape index (κ3) is 4.25. The molecule has 29 heavy (non-hydrogen) atoms. The van der Waals surface area contributed by atoms with Crippen LogP contribution in [0.2, 0.25) is 0 Å². The summed E-state index contributed by atoms with van der Waals surface area (Å²) in [6.45, 7) is 0.868. The Morgan fingerprint density at radius 1 is 1.03 bits per heavy atom. The maximum Gasteiger partial charge on any atom is 0.312 e. The van der Waals surface area contributed by atoms with E-state index >= 15 is 0 Å². The van der Waals surface area contributed by atoms with Gasteiger partial charge >= 0.3 is 6.03 Å². The summed E-state index contributed by atoms with van der Waals surface area (Å²) in [5, 5.41) is 7.58. The minimum absolute atomic E-state index is 0.106. The number of urea groups is 1. The van der Waals surface area contributed by atoms with E-state index in [0.717, 1.165) is 29.2 Å². The van der Waals surface area contributed by atoms with Crippen molar-refractivity contribution >= 4 is 40.3 Å². The van der Waals surface area contributed by atoms with Crippen LogP contribution >= 0.6 is 11.3 Å². The average Bonchev–Trinajstić information content (AvgIpc) is 3.38. The van der Waals surface area contributed by atoms with Gasteiger partial charge in [0.2, 0.25) is 5.91 Å². The zero-order valence-corrected chi connectivity index (χ0v) is 16.6. The Hall–Kier alpha value is -3.32. The van der Waals surface area contributed by atoms with Crippen LogP contribution in [0.3, 0.4) is 0 Å². The Labute approximate surface area is 173 Å². The van der Waals surface area contributed by atoms with Crippen molar-refractivity contribution in [2.45, 2.75) is 18.9 Å². The van der Waals surface area contributed by atoms with Gasteiger partial charge in [0.1, 0.15) is 0 Å². The van der Waals surface area contributed by atoms with E-state index < -0.39 is 12.1 Å². The van der Waals surface area contributed by atoms with Gasteiger partial charge in [-0.15, -0.1) is 11.3 Å². The Morgan fingerprint density at radius 3 is 2.55 bits per heavy atom. The maximum atomic E-state index is 12.8. The quantitative estimate of drug-likeness (QED) is 0.574. The summed E-state index contributed by atoms with van der Waals surface area (Å²) in [6.07, 6.45) is 1.08. The molecule has 0 aliphatic carbocycles. The van der Waals surface area contributed by atoms with Crippen LogP contribution in [0, 0.1) is 0 Å². The number of carbonyl (C=O) groups excluding carboxylic acids is 2. The molecule has 148 valence electrons. The van der Waals surface area contributed by atoms with Crippen molar-refractivity contribution in [2.24, 2.45) is 5.73 Å². The minimum Gasteiger partial charge on any atom is -0.352 e. The lowest BCUT2D eigenvalue weighted by atomic mass is 10.1. The molecule has 1 aliphatic rings. The number of nitrogens with one attached hydrogen (secondary N) is 2. The summed E-state index contributed by atoms with van der Waals surface area (Å²) in [6, 6.07) is 18.8. The smallest absolute Gasteiger partial charge is 0.312 e. The molecule has 7 heteroatoms. The fourth-order valence-corrected chi connectivity index (χ4v) is 4.45. The highest BCUT2D eigenvalue weighted by molar-refractivity contribution is 7.10. The Kier molecular flexibility index (Phi) is 5.48. The lowest BCUT2D eigenvalue weighted by molar-refractivity contribution is -0.116. The lowest BCUT2D eigenvalue weighted by Crippen LogP contribution is -2.35. The second-order valence-corrected chi connectivity index (χ2v) is 7.86. The second-order valence-electron chi connectivity index (χ2n) is 6.88. The van der Waals surface area contributed by atoms with Crippen molar-refractivity contribution in [3.63, 3.8) is 0 Å². The van der Waals surface area contributed by atoms with Crippen LogP contribution in [0.1, 0.15) is 22.9 Å².